The fourth-order valence-electron chi connectivity index (χ4n) is 4.21. The summed E-state index contributed by atoms with van der Waals surface area (Å²) < 4.78 is 22.7. The third-order valence-electron chi connectivity index (χ3n) is 6.03. The molecule has 0 fully saturated rings. The molecule has 0 aromatic heterocycles. The van der Waals surface area contributed by atoms with Gasteiger partial charge in [0.2, 0.25) is 0 Å². The van der Waals surface area contributed by atoms with Gasteiger partial charge in [0.1, 0.15) is 18.1 Å². The third-order valence-corrected chi connectivity index (χ3v) is 6.03. The standard InChI is InChI=1S/C27H31NO4/c1-19-10-22-13-27(32-18-20-8-6-5-7-9-20)26(31-4)14-23(22)17-28(19)16-21-11-24(29-2)15-25(12-21)30-3/h5-9,11-15,19H,10,16-18H2,1-4H3. The molecule has 0 bridgehead atoms. The second-order valence-corrected chi connectivity index (χ2v) is 8.23. The quantitative estimate of drug-likeness (QED) is 0.486. The number of rotatable bonds is 8. The van der Waals surface area contributed by atoms with E-state index in [0.717, 1.165) is 48.1 Å². The molecule has 1 heterocycles. The predicted molar refractivity (Wildman–Crippen MR) is 126 cm³/mol. The van der Waals surface area contributed by atoms with Crippen LogP contribution in [0.3, 0.4) is 0 Å². The van der Waals surface area contributed by atoms with Crippen molar-refractivity contribution in [2.45, 2.75) is 39.1 Å². The highest BCUT2D eigenvalue weighted by Crippen LogP contribution is 2.36. The molecule has 0 saturated heterocycles. The third kappa shape index (κ3) is 5.00. The maximum absolute atomic E-state index is 6.12. The number of hydrogen-bond acceptors (Lipinski definition) is 5. The van der Waals surface area contributed by atoms with Crippen LogP contribution in [0.2, 0.25) is 0 Å². The summed E-state index contributed by atoms with van der Waals surface area (Å²) in [6, 6.07) is 20.9. The minimum atomic E-state index is 0.398. The molecule has 3 aromatic carbocycles. The molecule has 5 nitrogen and oxygen atoms in total. The van der Waals surface area contributed by atoms with Crippen LogP contribution in [0.25, 0.3) is 0 Å². The maximum Gasteiger partial charge on any atom is 0.161 e. The first-order valence-corrected chi connectivity index (χ1v) is 10.9. The van der Waals surface area contributed by atoms with E-state index in [2.05, 4.69) is 48.2 Å². The molecule has 32 heavy (non-hydrogen) atoms. The molecule has 0 aliphatic carbocycles. The zero-order valence-electron chi connectivity index (χ0n) is 19.3. The number of hydrogen-bond donors (Lipinski definition) is 0. The van der Waals surface area contributed by atoms with Crippen LogP contribution in [0, 0.1) is 0 Å². The van der Waals surface area contributed by atoms with Crippen LogP contribution < -0.4 is 18.9 Å². The van der Waals surface area contributed by atoms with E-state index in [9.17, 15) is 0 Å². The van der Waals surface area contributed by atoms with Crippen molar-refractivity contribution in [2.24, 2.45) is 0 Å². The van der Waals surface area contributed by atoms with Crippen molar-refractivity contribution in [3.05, 3.63) is 82.9 Å². The largest absolute Gasteiger partial charge is 0.497 e. The second-order valence-electron chi connectivity index (χ2n) is 8.23. The minimum absolute atomic E-state index is 0.398. The Morgan fingerprint density at radius 2 is 1.47 bits per heavy atom. The monoisotopic (exact) mass is 433 g/mol. The van der Waals surface area contributed by atoms with E-state index in [0.29, 0.717) is 12.6 Å². The van der Waals surface area contributed by atoms with Crippen molar-refractivity contribution in [1.82, 2.24) is 4.90 Å². The van der Waals surface area contributed by atoms with Gasteiger partial charge in [0.05, 0.1) is 21.3 Å². The Morgan fingerprint density at radius 1 is 0.781 bits per heavy atom. The summed E-state index contributed by atoms with van der Waals surface area (Å²) in [4.78, 5) is 2.47. The summed E-state index contributed by atoms with van der Waals surface area (Å²) >= 11 is 0. The highest BCUT2D eigenvalue weighted by molar-refractivity contribution is 5.49. The topological polar surface area (TPSA) is 40.2 Å². The summed E-state index contributed by atoms with van der Waals surface area (Å²) in [5.74, 6) is 3.20. The lowest BCUT2D eigenvalue weighted by Gasteiger charge is -2.35. The van der Waals surface area contributed by atoms with Crippen LogP contribution in [0.15, 0.2) is 60.7 Å². The Bertz CT molecular complexity index is 1030. The van der Waals surface area contributed by atoms with Crippen molar-refractivity contribution in [2.75, 3.05) is 21.3 Å². The predicted octanol–water partition coefficient (Wildman–Crippen LogP) is 5.24. The highest BCUT2D eigenvalue weighted by Gasteiger charge is 2.25. The molecule has 1 atom stereocenters. The molecule has 5 heteroatoms. The zero-order chi connectivity index (χ0) is 22.5. The van der Waals surface area contributed by atoms with Crippen LogP contribution in [0.4, 0.5) is 0 Å². The van der Waals surface area contributed by atoms with E-state index in [-0.39, 0.29) is 0 Å². The molecule has 168 valence electrons. The van der Waals surface area contributed by atoms with E-state index < -0.39 is 0 Å². The summed E-state index contributed by atoms with van der Waals surface area (Å²) in [5.41, 5.74) is 4.91. The van der Waals surface area contributed by atoms with Crippen LogP contribution >= 0.6 is 0 Å². The van der Waals surface area contributed by atoms with Crippen molar-refractivity contribution in [1.29, 1.82) is 0 Å². The first kappa shape index (κ1) is 22.0. The first-order valence-electron chi connectivity index (χ1n) is 10.9. The summed E-state index contributed by atoms with van der Waals surface area (Å²) in [6.07, 6.45) is 0.960. The normalized spacial score (nSPS) is 15.7. The van der Waals surface area contributed by atoms with E-state index in [1.807, 2.05) is 24.3 Å². The molecule has 3 aromatic rings. The molecule has 0 radical (unpaired) electrons. The number of fused-ring (bicyclic) bond motifs is 1. The van der Waals surface area contributed by atoms with Gasteiger partial charge in [0.25, 0.3) is 0 Å². The number of benzene rings is 3. The Morgan fingerprint density at radius 3 is 2.12 bits per heavy atom. The summed E-state index contributed by atoms with van der Waals surface area (Å²) in [5, 5.41) is 0. The molecule has 1 aliphatic rings. The van der Waals surface area contributed by atoms with Gasteiger partial charge in [-0.15, -0.1) is 0 Å². The van der Waals surface area contributed by atoms with Gasteiger partial charge in [-0.25, -0.2) is 0 Å². The van der Waals surface area contributed by atoms with Gasteiger partial charge >= 0.3 is 0 Å². The van der Waals surface area contributed by atoms with E-state index in [1.54, 1.807) is 21.3 Å². The van der Waals surface area contributed by atoms with Gasteiger partial charge < -0.3 is 18.9 Å². The average Bonchev–Trinajstić information content (AvgIpc) is 2.83. The molecule has 1 unspecified atom stereocenters. The maximum atomic E-state index is 6.12. The van der Waals surface area contributed by atoms with Gasteiger partial charge in [-0.2, -0.15) is 0 Å². The van der Waals surface area contributed by atoms with Crippen LogP contribution in [0.1, 0.15) is 29.2 Å². The van der Waals surface area contributed by atoms with Crippen molar-refractivity contribution in [3.8, 4) is 23.0 Å². The lowest BCUT2D eigenvalue weighted by Crippen LogP contribution is -2.37. The lowest BCUT2D eigenvalue weighted by atomic mass is 9.93. The number of methoxy groups -OCH3 is 3. The van der Waals surface area contributed by atoms with E-state index >= 15 is 0 Å². The fraction of sp³-hybridized carbons (Fsp3) is 0.333. The van der Waals surface area contributed by atoms with Crippen LogP contribution in [-0.2, 0) is 26.1 Å². The van der Waals surface area contributed by atoms with E-state index in [1.165, 1.54) is 16.7 Å². The SMILES string of the molecule is COc1cc(CN2Cc3cc(OC)c(OCc4ccccc4)cc3CC2C)cc(OC)c1. The Balaban J connectivity index is 1.52. The Hall–Kier alpha value is -3.18. The number of nitrogens with zero attached hydrogens (tertiary/aromatic N) is 1. The van der Waals surface area contributed by atoms with Crippen molar-refractivity contribution in [3.63, 3.8) is 0 Å². The minimum Gasteiger partial charge on any atom is -0.497 e. The molecule has 0 saturated carbocycles. The van der Waals surface area contributed by atoms with Crippen molar-refractivity contribution < 1.29 is 18.9 Å². The van der Waals surface area contributed by atoms with Gasteiger partial charge in [-0.05, 0) is 59.9 Å². The van der Waals surface area contributed by atoms with Gasteiger partial charge in [-0.3, -0.25) is 4.90 Å². The Labute approximate surface area is 190 Å². The fourth-order valence-corrected chi connectivity index (χ4v) is 4.21. The van der Waals surface area contributed by atoms with Gasteiger partial charge in [0.15, 0.2) is 11.5 Å². The second kappa shape index (κ2) is 9.96. The first-order chi connectivity index (χ1) is 15.6. The average molecular weight is 434 g/mol. The number of ether oxygens (including phenoxy) is 4. The van der Waals surface area contributed by atoms with Crippen molar-refractivity contribution >= 4 is 0 Å². The van der Waals surface area contributed by atoms with Gasteiger partial charge in [0, 0.05) is 25.2 Å². The van der Waals surface area contributed by atoms with Crippen LogP contribution in [-0.4, -0.2) is 32.3 Å². The molecule has 0 amide bonds. The summed E-state index contributed by atoms with van der Waals surface area (Å²) in [6.45, 7) is 4.47. The molecule has 0 N–H and O–H groups in total. The Kier molecular flexibility index (Phi) is 6.86. The van der Waals surface area contributed by atoms with Crippen LogP contribution in [0.5, 0.6) is 23.0 Å². The lowest BCUT2D eigenvalue weighted by molar-refractivity contribution is 0.174. The van der Waals surface area contributed by atoms with E-state index in [4.69, 9.17) is 18.9 Å². The molecule has 4 rings (SSSR count). The molecule has 1 aliphatic heterocycles. The molecular weight excluding hydrogens is 402 g/mol. The summed E-state index contributed by atoms with van der Waals surface area (Å²) in [7, 11) is 5.06. The zero-order valence-corrected chi connectivity index (χ0v) is 19.3. The highest BCUT2D eigenvalue weighted by atomic mass is 16.5. The van der Waals surface area contributed by atoms with Gasteiger partial charge in [-0.1, -0.05) is 30.3 Å². The smallest absolute Gasteiger partial charge is 0.161 e. The molecule has 0 spiro atoms. The molecular formula is C27H31NO4.